The van der Waals surface area contributed by atoms with Crippen LogP contribution in [0.3, 0.4) is 0 Å². The van der Waals surface area contributed by atoms with E-state index in [9.17, 15) is 0 Å². The SMILES string of the molecule is COc1cc(Cl)c(C)cc1Nc1nccnc1C(N)=S. The number of hydrogen-bond acceptors (Lipinski definition) is 5. The molecule has 0 bridgehead atoms. The number of nitrogens with zero attached hydrogens (tertiary/aromatic N) is 2. The summed E-state index contributed by atoms with van der Waals surface area (Å²) in [6, 6.07) is 3.59. The number of nitrogens with two attached hydrogens (primary N) is 1. The maximum atomic E-state index is 6.07. The first-order valence-electron chi connectivity index (χ1n) is 5.75. The topological polar surface area (TPSA) is 73.1 Å². The van der Waals surface area contributed by atoms with Gasteiger partial charge in [0.15, 0.2) is 5.82 Å². The van der Waals surface area contributed by atoms with Crippen molar-refractivity contribution in [2.75, 3.05) is 12.4 Å². The monoisotopic (exact) mass is 308 g/mol. The Labute approximate surface area is 127 Å². The molecular formula is C13H13ClN4OS. The number of aromatic nitrogens is 2. The maximum absolute atomic E-state index is 6.07. The summed E-state index contributed by atoms with van der Waals surface area (Å²) in [5.41, 5.74) is 7.69. The van der Waals surface area contributed by atoms with Crippen LogP contribution in [0.2, 0.25) is 5.02 Å². The molecule has 0 aliphatic rings. The van der Waals surface area contributed by atoms with Crippen molar-refractivity contribution in [2.45, 2.75) is 6.92 Å². The molecule has 0 radical (unpaired) electrons. The van der Waals surface area contributed by atoms with Crippen LogP contribution in [0.15, 0.2) is 24.5 Å². The lowest BCUT2D eigenvalue weighted by Crippen LogP contribution is -2.15. The van der Waals surface area contributed by atoms with Gasteiger partial charge in [0.1, 0.15) is 16.4 Å². The first-order valence-corrected chi connectivity index (χ1v) is 6.53. The second kappa shape index (κ2) is 6.02. The number of aryl methyl sites for hydroxylation is 1. The molecule has 7 heteroatoms. The molecule has 0 atom stereocenters. The smallest absolute Gasteiger partial charge is 0.159 e. The van der Waals surface area contributed by atoms with Gasteiger partial charge in [0, 0.05) is 23.5 Å². The van der Waals surface area contributed by atoms with Crippen LogP contribution in [0.1, 0.15) is 11.3 Å². The van der Waals surface area contributed by atoms with E-state index in [-0.39, 0.29) is 4.99 Å². The van der Waals surface area contributed by atoms with Gasteiger partial charge in [-0.3, -0.25) is 0 Å². The number of methoxy groups -OCH3 is 1. The molecule has 2 aromatic rings. The number of rotatable bonds is 4. The minimum atomic E-state index is 0.172. The van der Waals surface area contributed by atoms with Crippen molar-refractivity contribution in [2.24, 2.45) is 5.73 Å². The van der Waals surface area contributed by atoms with Crippen LogP contribution in [0.5, 0.6) is 5.75 Å². The van der Waals surface area contributed by atoms with E-state index in [0.717, 1.165) is 5.56 Å². The summed E-state index contributed by atoms with van der Waals surface area (Å²) in [5, 5.41) is 3.74. The van der Waals surface area contributed by atoms with Gasteiger partial charge in [0.25, 0.3) is 0 Å². The van der Waals surface area contributed by atoms with Crippen LogP contribution >= 0.6 is 23.8 Å². The molecule has 104 valence electrons. The molecule has 0 amide bonds. The molecular weight excluding hydrogens is 296 g/mol. The summed E-state index contributed by atoms with van der Waals surface area (Å²) >= 11 is 11.0. The van der Waals surface area contributed by atoms with Crippen molar-refractivity contribution >= 4 is 40.3 Å². The third-order valence-electron chi connectivity index (χ3n) is 2.67. The lowest BCUT2D eigenvalue weighted by molar-refractivity contribution is 0.416. The number of halogens is 1. The van der Waals surface area contributed by atoms with E-state index in [1.165, 1.54) is 6.20 Å². The normalized spacial score (nSPS) is 10.2. The predicted molar refractivity (Wildman–Crippen MR) is 83.9 cm³/mol. The third kappa shape index (κ3) is 2.97. The molecule has 0 spiro atoms. The van der Waals surface area contributed by atoms with Gasteiger partial charge in [-0.25, -0.2) is 9.97 Å². The zero-order valence-electron chi connectivity index (χ0n) is 11.0. The molecule has 1 aromatic carbocycles. The summed E-state index contributed by atoms with van der Waals surface area (Å²) in [6.07, 6.45) is 3.09. The summed E-state index contributed by atoms with van der Waals surface area (Å²) in [7, 11) is 1.57. The average Bonchev–Trinajstić information content (AvgIpc) is 2.43. The Bertz CT molecular complexity index is 663. The molecule has 0 unspecified atom stereocenters. The lowest BCUT2D eigenvalue weighted by atomic mass is 10.2. The van der Waals surface area contributed by atoms with Crippen molar-refractivity contribution in [3.63, 3.8) is 0 Å². The van der Waals surface area contributed by atoms with Gasteiger partial charge in [-0.2, -0.15) is 0 Å². The van der Waals surface area contributed by atoms with Crippen LogP contribution in [0.25, 0.3) is 0 Å². The van der Waals surface area contributed by atoms with Gasteiger partial charge in [0.2, 0.25) is 0 Å². The molecule has 0 fully saturated rings. The molecule has 0 aliphatic carbocycles. The summed E-state index contributed by atoms with van der Waals surface area (Å²) in [6.45, 7) is 1.90. The molecule has 1 heterocycles. The molecule has 1 aromatic heterocycles. The van der Waals surface area contributed by atoms with Crippen LogP contribution in [-0.4, -0.2) is 22.1 Å². The number of nitrogens with one attached hydrogen (secondary N) is 1. The van der Waals surface area contributed by atoms with Crippen molar-refractivity contribution in [3.05, 3.63) is 40.8 Å². The van der Waals surface area contributed by atoms with E-state index in [4.69, 9.17) is 34.3 Å². The quantitative estimate of drug-likeness (QED) is 0.846. The molecule has 0 aliphatic heterocycles. The highest BCUT2D eigenvalue weighted by Crippen LogP contribution is 2.33. The number of ether oxygens (including phenoxy) is 1. The van der Waals surface area contributed by atoms with Crippen molar-refractivity contribution in [1.29, 1.82) is 0 Å². The Morgan fingerprint density at radius 1 is 1.35 bits per heavy atom. The fraction of sp³-hybridized carbons (Fsp3) is 0.154. The number of benzene rings is 1. The highest BCUT2D eigenvalue weighted by Gasteiger charge is 2.12. The maximum Gasteiger partial charge on any atom is 0.159 e. The van der Waals surface area contributed by atoms with Crippen LogP contribution in [0.4, 0.5) is 11.5 Å². The lowest BCUT2D eigenvalue weighted by Gasteiger charge is -2.14. The van der Waals surface area contributed by atoms with Gasteiger partial charge >= 0.3 is 0 Å². The summed E-state index contributed by atoms with van der Waals surface area (Å²) in [5.74, 6) is 1.07. The van der Waals surface area contributed by atoms with E-state index < -0.39 is 0 Å². The third-order valence-corrected chi connectivity index (χ3v) is 3.27. The molecule has 3 N–H and O–H groups in total. The Balaban J connectivity index is 2.45. The molecule has 2 rings (SSSR count). The van der Waals surface area contributed by atoms with Gasteiger partial charge in [-0.05, 0) is 18.6 Å². The Morgan fingerprint density at radius 3 is 2.70 bits per heavy atom. The molecule has 20 heavy (non-hydrogen) atoms. The Hall–Kier alpha value is -1.92. The predicted octanol–water partition coefficient (Wildman–Crippen LogP) is 2.82. The zero-order chi connectivity index (χ0) is 14.7. The fourth-order valence-corrected chi connectivity index (χ4v) is 1.97. The van der Waals surface area contributed by atoms with E-state index in [0.29, 0.717) is 28.0 Å². The molecule has 5 nitrogen and oxygen atoms in total. The van der Waals surface area contributed by atoms with Crippen molar-refractivity contribution < 1.29 is 4.74 Å². The zero-order valence-corrected chi connectivity index (χ0v) is 12.5. The summed E-state index contributed by atoms with van der Waals surface area (Å²) in [4.78, 5) is 8.48. The van der Waals surface area contributed by atoms with Gasteiger partial charge < -0.3 is 15.8 Å². The standard InChI is InChI=1S/C13H13ClN4OS/c1-7-5-9(10(19-2)6-8(7)14)18-13-11(12(15)20)16-3-4-17-13/h3-6H,1-2H3,(H2,15,20)(H,17,18). The number of hydrogen-bond donors (Lipinski definition) is 2. The van der Waals surface area contributed by atoms with E-state index in [2.05, 4.69) is 15.3 Å². The van der Waals surface area contributed by atoms with Crippen LogP contribution in [-0.2, 0) is 0 Å². The minimum absolute atomic E-state index is 0.172. The summed E-state index contributed by atoms with van der Waals surface area (Å²) < 4.78 is 5.29. The Morgan fingerprint density at radius 2 is 2.05 bits per heavy atom. The average molecular weight is 309 g/mol. The molecule has 0 saturated heterocycles. The van der Waals surface area contributed by atoms with Gasteiger partial charge in [0.05, 0.1) is 12.8 Å². The van der Waals surface area contributed by atoms with E-state index in [1.807, 2.05) is 13.0 Å². The van der Waals surface area contributed by atoms with Gasteiger partial charge in [-0.1, -0.05) is 23.8 Å². The van der Waals surface area contributed by atoms with Gasteiger partial charge in [-0.15, -0.1) is 0 Å². The van der Waals surface area contributed by atoms with Crippen LogP contribution < -0.4 is 15.8 Å². The fourth-order valence-electron chi connectivity index (χ4n) is 1.67. The van der Waals surface area contributed by atoms with Crippen molar-refractivity contribution in [3.8, 4) is 5.75 Å². The second-order valence-electron chi connectivity index (χ2n) is 4.04. The van der Waals surface area contributed by atoms with Crippen molar-refractivity contribution in [1.82, 2.24) is 9.97 Å². The highest BCUT2D eigenvalue weighted by molar-refractivity contribution is 7.80. The number of thiocarbonyl (C=S) groups is 1. The first kappa shape index (κ1) is 14.5. The Kier molecular flexibility index (Phi) is 4.36. The minimum Gasteiger partial charge on any atom is -0.495 e. The van der Waals surface area contributed by atoms with E-state index in [1.54, 1.807) is 19.4 Å². The van der Waals surface area contributed by atoms with Crippen LogP contribution in [0, 0.1) is 6.92 Å². The van der Waals surface area contributed by atoms with E-state index >= 15 is 0 Å². The second-order valence-corrected chi connectivity index (χ2v) is 4.89. The number of anilines is 2. The first-order chi connectivity index (χ1) is 9.52. The molecule has 0 saturated carbocycles. The highest BCUT2D eigenvalue weighted by atomic mass is 35.5. The largest absolute Gasteiger partial charge is 0.495 e.